The first-order valence-corrected chi connectivity index (χ1v) is 17.9. The number of carboxylic acid groups (broad SMARTS) is 1. The molecule has 0 aromatic heterocycles. The second kappa shape index (κ2) is 16.0. The van der Waals surface area contributed by atoms with Crippen LogP contribution in [0, 0.1) is 23.6 Å². The largest absolute Gasteiger partial charge is 0.478 e. The third kappa shape index (κ3) is 10.1. The van der Waals surface area contributed by atoms with Gasteiger partial charge in [-0.3, -0.25) is 18.9 Å². The number of anilines is 1. The Morgan fingerprint density at radius 2 is 1.74 bits per heavy atom. The van der Waals surface area contributed by atoms with Gasteiger partial charge in [0.1, 0.15) is 5.82 Å². The van der Waals surface area contributed by atoms with Crippen LogP contribution in [0.3, 0.4) is 0 Å². The van der Waals surface area contributed by atoms with Gasteiger partial charge in [0.25, 0.3) is 5.91 Å². The summed E-state index contributed by atoms with van der Waals surface area (Å²) < 4.78 is 72.2. The number of phosphoric ester groups is 1. The first kappa shape index (κ1) is 39.3. The summed E-state index contributed by atoms with van der Waals surface area (Å²) in [6.45, 7) is -1.36. The molecule has 3 atom stereocenters. The number of para-hydroxylation sites is 1. The lowest BCUT2D eigenvalue weighted by Gasteiger charge is -2.29. The predicted molar refractivity (Wildman–Crippen MR) is 181 cm³/mol. The molecule has 1 heterocycles. The maximum atomic E-state index is 16.0. The number of benzene rings is 3. The number of halogens is 4. The van der Waals surface area contributed by atoms with E-state index in [1.165, 1.54) is 24.3 Å². The van der Waals surface area contributed by atoms with Crippen molar-refractivity contribution in [1.82, 2.24) is 5.32 Å². The van der Waals surface area contributed by atoms with Crippen LogP contribution in [0.5, 0.6) is 0 Å². The maximum Gasteiger partial charge on any atom is 0.469 e. The molecule has 1 fully saturated rings. The molecule has 2 aliphatic rings. The highest BCUT2D eigenvalue weighted by atomic mass is 31.2. The first-order chi connectivity index (χ1) is 24.9. The van der Waals surface area contributed by atoms with Crippen molar-refractivity contribution in [2.24, 2.45) is 28.5 Å². The molecular weight excluding hydrogens is 727 g/mol. The fourth-order valence-electron chi connectivity index (χ4n) is 6.24. The van der Waals surface area contributed by atoms with E-state index in [2.05, 4.69) is 14.8 Å². The molecule has 3 aromatic carbocycles. The Bertz CT molecular complexity index is 1970. The number of nitrogens with zero attached hydrogens (tertiary/aromatic N) is 2. The summed E-state index contributed by atoms with van der Waals surface area (Å²) in [5.41, 5.74) is 5.20. The van der Waals surface area contributed by atoms with Gasteiger partial charge in [-0.25, -0.2) is 18.7 Å². The Balaban J connectivity index is 1.62. The molecule has 3 aromatic rings. The standard InChI is InChI=1S/C35H35F4N4O9P/c36-27-8-4-7-25-28(21-5-2-1-3-6-21)41-31(42-32(45)24(13-14-35(37,38)39)26(30(40)44)16-19-9-10-19)33(46)43(29(25)27)17-22-15-20(18-52-53(49,50)51)11-12-23(22)34(47)48/h1-8,11-12,15,19,24,26,31H,9-10,13-14,16-18H2,(H2,40,44)(H,42,45)(H,47,48)(H2,49,50,51)/t24-,26+,31-/m1/s1. The normalized spacial score (nSPS) is 17.3. The second-order valence-electron chi connectivity index (χ2n) is 12.8. The van der Waals surface area contributed by atoms with Crippen LogP contribution in [-0.4, -0.2) is 56.6 Å². The number of carboxylic acids is 1. The molecule has 5 rings (SSSR count). The van der Waals surface area contributed by atoms with E-state index in [1.54, 1.807) is 30.3 Å². The van der Waals surface area contributed by atoms with Crippen molar-refractivity contribution in [1.29, 1.82) is 0 Å². The quantitative estimate of drug-likeness (QED) is 0.106. The van der Waals surface area contributed by atoms with E-state index >= 15 is 4.39 Å². The SMILES string of the molecule is NC(=O)[C@@H](CC1CC1)[C@@H](CCC(F)(F)F)C(=O)N[C@H]1N=C(c2ccccc2)c2cccc(F)c2N(Cc2cc(COP(=O)(O)O)ccc2C(=O)O)C1=O. The zero-order valence-electron chi connectivity index (χ0n) is 27.8. The number of benzodiazepines with no additional fused rings is 1. The molecule has 18 heteroatoms. The summed E-state index contributed by atoms with van der Waals surface area (Å²) in [5.74, 6) is -8.58. The molecule has 0 bridgehead atoms. The number of aliphatic imine (C=N–C) groups is 1. The number of rotatable bonds is 15. The number of amides is 3. The summed E-state index contributed by atoms with van der Waals surface area (Å²) >= 11 is 0. The molecule has 0 saturated heterocycles. The third-order valence-electron chi connectivity index (χ3n) is 8.94. The highest BCUT2D eigenvalue weighted by Crippen LogP contribution is 2.40. The molecule has 0 unspecified atom stereocenters. The van der Waals surface area contributed by atoms with Crippen LogP contribution < -0.4 is 16.0 Å². The lowest BCUT2D eigenvalue weighted by molar-refractivity contribution is -0.146. The Morgan fingerprint density at radius 1 is 1.04 bits per heavy atom. The lowest BCUT2D eigenvalue weighted by Crippen LogP contribution is -2.51. The van der Waals surface area contributed by atoms with Crippen molar-refractivity contribution in [2.45, 2.75) is 57.6 Å². The number of nitrogens with one attached hydrogen (secondary N) is 1. The molecule has 0 radical (unpaired) electrons. The van der Waals surface area contributed by atoms with Crippen LogP contribution >= 0.6 is 7.82 Å². The number of nitrogens with two attached hydrogens (primary N) is 1. The number of primary amides is 1. The zero-order valence-corrected chi connectivity index (χ0v) is 28.7. The van der Waals surface area contributed by atoms with Crippen molar-refractivity contribution < 1.29 is 60.7 Å². The van der Waals surface area contributed by atoms with Gasteiger partial charge >= 0.3 is 20.0 Å². The zero-order chi connectivity index (χ0) is 38.7. The Morgan fingerprint density at radius 3 is 2.34 bits per heavy atom. The number of alkyl halides is 3. The average molecular weight is 763 g/mol. The van der Waals surface area contributed by atoms with E-state index in [0.717, 1.165) is 17.0 Å². The summed E-state index contributed by atoms with van der Waals surface area (Å²) in [5, 5.41) is 12.4. The minimum absolute atomic E-state index is 0.000207. The van der Waals surface area contributed by atoms with Crippen LogP contribution in [-0.2, 0) is 36.6 Å². The number of hydrogen-bond donors (Lipinski definition) is 5. The number of phosphoric acid groups is 1. The molecule has 53 heavy (non-hydrogen) atoms. The van der Waals surface area contributed by atoms with Gasteiger partial charge in [0.15, 0.2) is 0 Å². The molecule has 1 saturated carbocycles. The minimum Gasteiger partial charge on any atom is -0.478 e. The lowest BCUT2D eigenvalue weighted by atomic mass is 9.83. The molecule has 1 aliphatic carbocycles. The van der Waals surface area contributed by atoms with Crippen LogP contribution in [0.4, 0.5) is 23.2 Å². The number of carbonyl (C=O) groups excluding carboxylic acids is 3. The molecule has 282 valence electrons. The smallest absolute Gasteiger partial charge is 0.469 e. The highest BCUT2D eigenvalue weighted by Gasteiger charge is 2.42. The number of aromatic carboxylic acids is 1. The fraction of sp³-hybridized carbons (Fsp3) is 0.343. The van der Waals surface area contributed by atoms with E-state index in [1.807, 2.05) is 0 Å². The van der Waals surface area contributed by atoms with Crippen molar-refractivity contribution in [3.05, 3.63) is 100 Å². The van der Waals surface area contributed by atoms with Gasteiger partial charge in [0, 0.05) is 29.4 Å². The first-order valence-electron chi connectivity index (χ1n) is 16.4. The van der Waals surface area contributed by atoms with Gasteiger partial charge < -0.3 is 30.8 Å². The van der Waals surface area contributed by atoms with Crippen LogP contribution in [0.1, 0.15) is 64.7 Å². The van der Waals surface area contributed by atoms with Crippen molar-refractivity contribution in [2.75, 3.05) is 4.90 Å². The Labute approximate surface area is 300 Å². The summed E-state index contributed by atoms with van der Waals surface area (Å²) in [6.07, 6.45) is -7.41. The summed E-state index contributed by atoms with van der Waals surface area (Å²) in [4.78, 5) is 77.0. The molecule has 6 N–H and O–H groups in total. The van der Waals surface area contributed by atoms with E-state index < -0.39 is 87.5 Å². The molecule has 1 aliphatic heterocycles. The van der Waals surface area contributed by atoms with Crippen LogP contribution in [0.2, 0.25) is 0 Å². The topological polar surface area (TPSA) is 209 Å². The van der Waals surface area contributed by atoms with E-state index in [9.17, 15) is 51.8 Å². The van der Waals surface area contributed by atoms with Crippen molar-refractivity contribution in [3.63, 3.8) is 0 Å². The number of hydrogen-bond acceptors (Lipinski definition) is 7. The highest BCUT2D eigenvalue weighted by molar-refractivity contribution is 7.46. The average Bonchev–Trinajstić information content (AvgIpc) is 3.92. The van der Waals surface area contributed by atoms with E-state index in [0.29, 0.717) is 18.4 Å². The van der Waals surface area contributed by atoms with Gasteiger partial charge in [-0.2, -0.15) is 13.2 Å². The van der Waals surface area contributed by atoms with Gasteiger partial charge in [-0.1, -0.05) is 67.4 Å². The molecule has 0 spiro atoms. The maximum absolute atomic E-state index is 16.0. The molecule has 3 amide bonds. The Kier molecular flexibility index (Phi) is 11.8. The van der Waals surface area contributed by atoms with E-state index in [-0.39, 0.29) is 46.0 Å². The van der Waals surface area contributed by atoms with E-state index in [4.69, 9.17) is 5.73 Å². The predicted octanol–water partition coefficient (Wildman–Crippen LogP) is 4.82. The monoisotopic (exact) mass is 762 g/mol. The fourth-order valence-corrected chi connectivity index (χ4v) is 6.56. The van der Waals surface area contributed by atoms with Gasteiger partial charge in [-0.15, -0.1) is 0 Å². The van der Waals surface area contributed by atoms with Gasteiger partial charge in [0.05, 0.1) is 30.1 Å². The van der Waals surface area contributed by atoms with Gasteiger partial charge in [0.2, 0.25) is 18.0 Å². The van der Waals surface area contributed by atoms with Crippen LogP contribution in [0.15, 0.2) is 71.7 Å². The third-order valence-corrected chi connectivity index (χ3v) is 9.40. The second-order valence-corrected chi connectivity index (χ2v) is 14.1. The summed E-state index contributed by atoms with van der Waals surface area (Å²) in [7, 11) is -4.95. The molecular formula is C35H35F4N4O9P. The summed E-state index contributed by atoms with van der Waals surface area (Å²) in [6, 6.07) is 15.4. The Hall–Kier alpha value is -4.96. The van der Waals surface area contributed by atoms with Gasteiger partial charge in [-0.05, 0) is 42.0 Å². The number of fused-ring (bicyclic) bond motifs is 1. The van der Waals surface area contributed by atoms with Crippen molar-refractivity contribution >= 4 is 42.9 Å². The van der Waals surface area contributed by atoms with Crippen LogP contribution in [0.25, 0.3) is 0 Å². The molecule has 13 nitrogen and oxygen atoms in total. The minimum atomic E-state index is -4.95. The van der Waals surface area contributed by atoms with Crippen molar-refractivity contribution in [3.8, 4) is 0 Å². The number of carbonyl (C=O) groups is 4.